The Hall–Kier alpha value is -3.14. The molecule has 0 aliphatic rings. The van der Waals surface area contributed by atoms with Crippen molar-refractivity contribution in [3.8, 4) is 0 Å². The predicted octanol–water partition coefficient (Wildman–Crippen LogP) is 4.69. The number of rotatable bonds is 7. The smallest absolute Gasteiger partial charge is 0.274 e. The zero-order valence-corrected chi connectivity index (χ0v) is 14.9. The zero-order valence-electron chi connectivity index (χ0n) is 14.9. The fraction of sp³-hybridized carbons (Fsp3) is 0.182. The highest BCUT2D eigenvalue weighted by Crippen LogP contribution is 2.15. The summed E-state index contributed by atoms with van der Waals surface area (Å²) in [6.45, 7) is 2.83. The van der Waals surface area contributed by atoms with Crippen LogP contribution in [0.3, 0.4) is 0 Å². The van der Waals surface area contributed by atoms with Crippen LogP contribution in [-0.4, -0.2) is 17.4 Å². The molecule has 0 saturated carbocycles. The first-order chi connectivity index (χ1) is 12.7. The van der Waals surface area contributed by atoms with Crippen LogP contribution < -0.4 is 10.6 Å². The number of hydrogen-bond acceptors (Lipinski definition) is 3. The van der Waals surface area contributed by atoms with Gasteiger partial charge in [0, 0.05) is 12.2 Å². The molecule has 4 heteroatoms. The van der Waals surface area contributed by atoms with Crippen LogP contribution >= 0.6 is 0 Å². The van der Waals surface area contributed by atoms with Crippen LogP contribution in [0.1, 0.15) is 28.0 Å². The molecule has 0 aliphatic heterocycles. The number of pyridine rings is 1. The third-order valence-corrected chi connectivity index (χ3v) is 4.20. The van der Waals surface area contributed by atoms with Crippen LogP contribution in [0.4, 0.5) is 11.4 Å². The Labute approximate surface area is 154 Å². The minimum absolute atomic E-state index is 0.199. The van der Waals surface area contributed by atoms with Crippen molar-refractivity contribution in [3.63, 3.8) is 0 Å². The van der Waals surface area contributed by atoms with Crippen molar-refractivity contribution in [1.29, 1.82) is 0 Å². The number of para-hydroxylation sites is 1. The highest BCUT2D eigenvalue weighted by Gasteiger charge is 2.08. The van der Waals surface area contributed by atoms with Gasteiger partial charge in [0.15, 0.2) is 0 Å². The summed E-state index contributed by atoms with van der Waals surface area (Å²) >= 11 is 0. The highest BCUT2D eigenvalue weighted by atomic mass is 16.1. The molecule has 2 N–H and O–H groups in total. The first-order valence-corrected chi connectivity index (χ1v) is 8.83. The molecule has 0 radical (unpaired) electrons. The number of benzene rings is 2. The largest absolute Gasteiger partial charge is 0.384 e. The third-order valence-electron chi connectivity index (χ3n) is 4.20. The van der Waals surface area contributed by atoms with E-state index in [1.807, 2.05) is 43.3 Å². The Balaban J connectivity index is 1.48. The van der Waals surface area contributed by atoms with Gasteiger partial charge in [0.1, 0.15) is 5.69 Å². The molecule has 0 bridgehead atoms. The topological polar surface area (TPSA) is 54.0 Å². The maximum absolute atomic E-state index is 12.3. The summed E-state index contributed by atoms with van der Waals surface area (Å²) < 4.78 is 0. The van der Waals surface area contributed by atoms with Crippen LogP contribution in [0, 0.1) is 6.92 Å². The molecule has 0 atom stereocenters. The van der Waals surface area contributed by atoms with Gasteiger partial charge in [-0.3, -0.25) is 4.79 Å². The molecule has 132 valence electrons. The summed E-state index contributed by atoms with van der Waals surface area (Å²) in [5.41, 5.74) is 4.50. The van der Waals surface area contributed by atoms with E-state index in [0.29, 0.717) is 5.69 Å². The van der Waals surface area contributed by atoms with Crippen molar-refractivity contribution in [2.24, 2.45) is 0 Å². The van der Waals surface area contributed by atoms with Gasteiger partial charge >= 0.3 is 0 Å². The third kappa shape index (κ3) is 4.93. The van der Waals surface area contributed by atoms with Crippen LogP contribution in [0.5, 0.6) is 0 Å². The van der Waals surface area contributed by atoms with Crippen LogP contribution in [-0.2, 0) is 6.42 Å². The van der Waals surface area contributed by atoms with Gasteiger partial charge in [-0.15, -0.1) is 0 Å². The minimum Gasteiger partial charge on any atom is -0.384 e. The summed E-state index contributed by atoms with van der Waals surface area (Å²) in [6.07, 6.45) is 3.78. The molecular formula is C22H23N3O. The van der Waals surface area contributed by atoms with E-state index in [2.05, 4.69) is 39.9 Å². The number of aryl methyl sites for hydroxylation is 2. The van der Waals surface area contributed by atoms with Crippen molar-refractivity contribution >= 4 is 17.3 Å². The molecule has 2 aromatic carbocycles. The van der Waals surface area contributed by atoms with E-state index in [4.69, 9.17) is 0 Å². The van der Waals surface area contributed by atoms with E-state index >= 15 is 0 Å². The summed E-state index contributed by atoms with van der Waals surface area (Å²) in [4.78, 5) is 16.6. The van der Waals surface area contributed by atoms with Crippen molar-refractivity contribution < 1.29 is 4.79 Å². The number of aromatic nitrogens is 1. The Morgan fingerprint density at radius 2 is 1.73 bits per heavy atom. The summed E-state index contributed by atoms with van der Waals surface area (Å²) in [7, 11) is 0. The molecule has 1 aromatic heterocycles. The molecule has 26 heavy (non-hydrogen) atoms. The van der Waals surface area contributed by atoms with E-state index in [0.717, 1.165) is 36.3 Å². The molecular weight excluding hydrogens is 322 g/mol. The molecule has 0 aliphatic carbocycles. The van der Waals surface area contributed by atoms with E-state index in [1.54, 1.807) is 12.3 Å². The molecule has 3 aromatic rings. The minimum atomic E-state index is -0.199. The number of nitrogens with one attached hydrogen (secondary N) is 2. The molecule has 0 fully saturated rings. The van der Waals surface area contributed by atoms with Crippen LogP contribution in [0.2, 0.25) is 0 Å². The zero-order chi connectivity index (χ0) is 18.2. The van der Waals surface area contributed by atoms with E-state index in [9.17, 15) is 4.79 Å². The first-order valence-electron chi connectivity index (χ1n) is 8.83. The first kappa shape index (κ1) is 17.7. The Morgan fingerprint density at radius 3 is 2.46 bits per heavy atom. The normalized spacial score (nSPS) is 10.3. The van der Waals surface area contributed by atoms with Crippen molar-refractivity contribution in [2.75, 3.05) is 17.2 Å². The number of amides is 1. The number of anilines is 2. The fourth-order valence-corrected chi connectivity index (χ4v) is 2.70. The van der Waals surface area contributed by atoms with Gasteiger partial charge < -0.3 is 10.6 Å². The standard InChI is InChI=1S/C22H23N3O/c1-17-8-5-6-12-20(17)25-22(26)21-14-13-19(16-24-21)23-15-7-11-18-9-3-2-4-10-18/h2-6,8-10,12-14,16,23H,7,11,15H2,1H3,(H,25,26). The van der Waals surface area contributed by atoms with Gasteiger partial charge in [0.25, 0.3) is 5.91 Å². The lowest BCUT2D eigenvalue weighted by atomic mass is 10.1. The Kier molecular flexibility index (Phi) is 5.99. The monoisotopic (exact) mass is 345 g/mol. The van der Waals surface area contributed by atoms with Gasteiger partial charge in [-0.25, -0.2) is 4.98 Å². The molecule has 0 spiro atoms. The second kappa shape index (κ2) is 8.81. The van der Waals surface area contributed by atoms with Crippen molar-refractivity contribution in [1.82, 2.24) is 4.98 Å². The van der Waals surface area contributed by atoms with E-state index in [1.165, 1.54) is 5.56 Å². The second-order valence-electron chi connectivity index (χ2n) is 6.22. The highest BCUT2D eigenvalue weighted by molar-refractivity contribution is 6.03. The summed E-state index contributed by atoms with van der Waals surface area (Å²) in [5.74, 6) is -0.199. The number of carbonyl (C=O) groups is 1. The summed E-state index contributed by atoms with van der Waals surface area (Å²) in [5, 5.41) is 6.24. The SMILES string of the molecule is Cc1ccccc1NC(=O)c1ccc(NCCCc2ccccc2)cn1. The van der Waals surface area contributed by atoms with Crippen LogP contribution in [0.25, 0.3) is 0 Å². The quantitative estimate of drug-likeness (QED) is 0.611. The summed E-state index contributed by atoms with van der Waals surface area (Å²) in [6, 6.07) is 21.8. The number of hydrogen-bond donors (Lipinski definition) is 2. The molecule has 0 unspecified atom stereocenters. The number of nitrogens with zero attached hydrogens (tertiary/aromatic N) is 1. The van der Waals surface area contributed by atoms with E-state index < -0.39 is 0 Å². The van der Waals surface area contributed by atoms with E-state index in [-0.39, 0.29) is 5.91 Å². The predicted molar refractivity (Wildman–Crippen MR) is 107 cm³/mol. The van der Waals surface area contributed by atoms with Crippen LogP contribution in [0.15, 0.2) is 72.9 Å². The molecule has 4 nitrogen and oxygen atoms in total. The maximum Gasteiger partial charge on any atom is 0.274 e. The Bertz CT molecular complexity index is 845. The van der Waals surface area contributed by atoms with Gasteiger partial charge in [-0.2, -0.15) is 0 Å². The number of carbonyl (C=O) groups excluding carboxylic acids is 1. The van der Waals surface area contributed by atoms with Crippen molar-refractivity contribution in [3.05, 3.63) is 89.7 Å². The molecule has 0 saturated heterocycles. The maximum atomic E-state index is 12.3. The van der Waals surface area contributed by atoms with Gasteiger partial charge in [0.05, 0.1) is 11.9 Å². The average Bonchev–Trinajstić information content (AvgIpc) is 2.68. The molecule has 3 rings (SSSR count). The fourth-order valence-electron chi connectivity index (χ4n) is 2.70. The Morgan fingerprint density at radius 1 is 0.962 bits per heavy atom. The van der Waals surface area contributed by atoms with Gasteiger partial charge in [-0.05, 0) is 49.1 Å². The lowest BCUT2D eigenvalue weighted by Crippen LogP contribution is -2.14. The molecule has 1 amide bonds. The van der Waals surface area contributed by atoms with Gasteiger partial charge in [-0.1, -0.05) is 48.5 Å². The lowest BCUT2D eigenvalue weighted by Gasteiger charge is -2.09. The van der Waals surface area contributed by atoms with Gasteiger partial charge in [0.2, 0.25) is 0 Å². The second-order valence-corrected chi connectivity index (χ2v) is 6.22. The lowest BCUT2D eigenvalue weighted by molar-refractivity contribution is 0.102. The molecule has 1 heterocycles. The average molecular weight is 345 g/mol. The van der Waals surface area contributed by atoms with Crippen molar-refractivity contribution in [2.45, 2.75) is 19.8 Å².